The van der Waals surface area contributed by atoms with Crippen molar-refractivity contribution in [2.75, 3.05) is 7.11 Å². The monoisotopic (exact) mass is 354 g/mol. The number of carbonyl (C=O) groups is 2. The Morgan fingerprint density at radius 1 is 0.846 bits per heavy atom. The van der Waals surface area contributed by atoms with Crippen molar-refractivity contribution in [1.82, 2.24) is 0 Å². The molecule has 0 saturated heterocycles. The van der Waals surface area contributed by atoms with Gasteiger partial charge in [-0.15, -0.1) is 0 Å². The van der Waals surface area contributed by atoms with Gasteiger partial charge in [-0.3, -0.25) is 0 Å². The second kappa shape index (κ2) is 8.52. The van der Waals surface area contributed by atoms with E-state index in [4.69, 9.17) is 14.2 Å². The second-order valence-corrected chi connectivity index (χ2v) is 6.31. The van der Waals surface area contributed by atoms with Gasteiger partial charge in [0.05, 0.1) is 7.11 Å². The van der Waals surface area contributed by atoms with E-state index in [1.165, 1.54) is 38.5 Å². The van der Waals surface area contributed by atoms with Crippen LogP contribution >= 0.6 is 0 Å². The third kappa shape index (κ3) is 4.23. The Morgan fingerprint density at radius 3 is 2.19 bits per heavy atom. The third-order valence-electron chi connectivity index (χ3n) is 4.64. The van der Waals surface area contributed by atoms with Crippen molar-refractivity contribution in [2.45, 2.75) is 38.0 Å². The van der Waals surface area contributed by atoms with E-state index < -0.39 is 12.1 Å². The van der Waals surface area contributed by atoms with Gasteiger partial charge in [-0.05, 0) is 42.5 Å². The minimum Gasteiger partial charge on any atom is -0.465 e. The molecule has 0 unspecified atom stereocenters. The molecule has 0 radical (unpaired) electrons. The number of para-hydroxylation sites is 2. The molecule has 1 aliphatic carbocycles. The van der Waals surface area contributed by atoms with E-state index in [9.17, 15) is 9.59 Å². The van der Waals surface area contributed by atoms with Gasteiger partial charge in [0.1, 0.15) is 17.1 Å². The Bertz CT molecular complexity index is 777. The van der Waals surface area contributed by atoms with Crippen LogP contribution in [0.25, 0.3) is 0 Å². The third-order valence-corrected chi connectivity index (χ3v) is 4.64. The van der Waals surface area contributed by atoms with Gasteiger partial charge in [0, 0.05) is 0 Å². The molecule has 0 aromatic heterocycles. The number of hydrogen-bond donors (Lipinski definition) is 0. The molecule has 5 heteroatoms. The number of carbonyl (C=O) groups excluding carboxylic acids is 2. The van der Waals surface area contributed by atoms with Crippen LogP contribution in [0.4, 0.5) is 4.79 Å². The van der Waals surface area contributed by atoms with Gasteiger partial charge in [0.25, 0.3) is 0 Å². The van der Waals surface area contributed by atoms with Crippen LogP contribution in [0.1, 0.15) is 53.9 Å². The summed E-state index contributed by atoms with van der Waals surface area (Å²) in [6, 6.07) is 14.0. The lowest BCUT2D eigenvalue weighted by Crippen LogP contribution is -2.17. The first-order valence-electron chi connectivity index (χ1n) is 8.85. The molecule has 2 aromatic carbocycles. The summed E-state index contributed by atoms with van der Waals surface area (Å²) in [5.41, 5.74) is 1.21. The molecule has 2 aromatic rings. The number of benzene rings is 2. The molecule has 0 amide bonds. The zero-order valence-electron chi connectivity index (χ0n) is 14.8. The van der Waals surface area contributed by atoms with E-state index in [0.29, 0.717) is 11.7 Å². The van der Waals surface area contributed by atoms with Gasteiger partial charge in [-0.2, -0.15) is 0 Å². The standard InChI is InChI=1S/C21H22O5/c1-24-20(22)17-12-6-8-14-19(17)26-21(23)25-18-13-7-5-11-16(18)15-9-3-2-4-10-15/h5-8,11-15H,2-4,9-10H2,1H3. The average molecular weight is 354 g/mol. The normalized spacial score (nSPS) is 14.5. The lowest BCUT2D eigenvalue weighted by atomic mass is 9.84. The summed E-state index contributed by atoms with van der Waals surface area (Å²) in [5, 5.41) is 0. The van der Waals surface area contributed by atoms with Crippen molar-refractivity contribution >= 4 is 12.1 Å². The Labute approximate surface area is 152 Å². The first-order chi connectivity index (χ1) is 12.7. The van der Waals surface area contributed by atoms with Crippen molar-refractivity contribution in [3.63, 3.8) is 0 Å². The number of ether oxygens (including phenoxy) is 3. The van der Waals surface area contributed by atoms with Crippen LogP contribution < -0.4 is 9.47 Å². The highest BCUT2D eigenvalue weighted by Crippen LogP contribution is 2.37. The number of methoxy groups -OCH3 is 1. The summed E-state index contributed by atoms with van der Waals surface area (Å²) in [7, 11) is 1.28. The Hall–Kier alpha value is -2.82. The van der Waals surface area contributed by atoms with Gasteiger partial charge < -0.3 is 14.2 Å². The quantitative estimate of drug-likeness (QED) is 0.565. The molecule has 3 rings (SSSR count). The molecule has 0 spiro atoms. The van der Waals surface area contributed by atoms with Gasteiger partial charge in [-0.25, -0.2) is 9.59 Å². The highest BCUT2D eigenvalue weighted by Gasteiger charge is 2.22. The molecule has 0 heterocycles. The summed E-state index contributed by atoms with van der Waals surface area (Å²) in [6.07, 6.45) is 4.96. The molecule has 1 saturated carbocycles. The van der Waals surface area contributed by atoms with Crippen LogP contribution in [0.2, 0.25) is 0 Å². The van der Waals surface area contributed by atoms with Crippen LogP contribution in [0, 0.1) is 0 Å². The lowest BCUT2D eigenvalue weighted by Gasteiger charge is -2.23. The van der Waals surface area contributed by atoms with E-state index >= 15 is 0 Å². The molecular formula is C21H22O5. The first-order valence-corrected chi connectivity index (χ1v) is 8.85. The molecule has 5 nitrogen and oxygen atoms in total. The van der Waals surface area contributed by atoms with Crippen molar-refractivity contribution in [1.29, 1.82) is 0 Å². The molecule has 0 atom stereocenters. The van der Waals surface area contributed by atoms with Crippen molar-refractivity contribution in [2.24, 2.45) is 0 Å². The summed E-state index contributed by atoms with van der Waals surface area (Å²) < 4.78 is 15.4. The lowest BCUT2D eigenvalue weighted by molar-refractivity contribution is 0.0597. The fraction of sp³-hybridized carbons (Fsp3) is 0.333. The topological polar surface area (TPSA) is 61.8 Å². The van der Waals surface area contributed by atoms with Gasteiger partial charge in [-0.1, -0.05) is 49.6 Å². The predicted molar refractivity (Wildman–Crippen MR) is 96.7 cm³/mol. The minimum atomic E-state index is -0.871. The molecule has 0 N–H and O–H groups in total. The molecule has 0 aliphatic heterocycles. The van der Waals surface area contributed by atoms with E-state index in [1.807, 2.05) is 18.2 Å². The van der Waals surface area contributed by atoms with Gasteiger partial charge in [0.2, 0.25) is 0 Å². The van der Waals surface area contributed by atoms with Crippen molar-refractivity contribution < 1.29 is 23.8 Å². The SMILES string of the molecule is COC(=O)c1ccccc1OC(=O)Oc1ccccc1C1CCCCC1. The number of esters is 1. The maximum absolute atomic E-state index is 12.3. The Balaban J connectivity index is 1.74. The predicted octanol–water partition coefficient (Wildman–Crippen LogP) is 5.10. The molecule has 1 aliphatic rings. The van der Waals surface area contributed by atoms with E-state index in [-0.39, 0.29) is 11.3 Å². The molecule has 136 valence electrons. The molecule has 1 fully saturated rings. The second-order valence-electron chi connectivity index (χ2n) is 6.31. The van der Waals surface area contributed by atoms with E-state index in [1.54, 1.807) is 18.2 Å². The Kier molecular flexibility index (Phi) is 5.89. The average Bonchev–Trinajstić information content (AvgIpc) is 2.69. The summed E-state index contributed by atoms with van der Waals surface area (Å²) >= 11 is 0. The summed E-state index contributed by atoms with van der Waals surface area (Å²) in [5.74, 6) is 0.450. The van der Waals surface area contributed by atoms with Crippen LogP contribution in [0.3, 0.4) is 0 Å². The minimum absolute atomic E-state index is 0.111. The van der Waals surface area contributed by atoms with Gasteiger partial charge >= 0.3 is 12.1 Å². The molecular weight excluding hydrogens is 332 g/mol. The van der Waals surface area contributed by atoms with Crippen LogP contribution in [-0.2, 0) is 4.74 Å². The fourth-order valence-corrected chi connectivity index (χ4v) is 3.36. The van der Waals surface area contributed by atoms with Crippen LogP contribution in [-0.4, -0.2) is 19.2 Å². The van der Waals surface area contributed by atoms with Crippen molar-refractivity contribution in [3.8, 4) is 11.5 Å². The highest BCUT2D eigenvalue weighted by molar-refractivity contribution is 5.93. The van der Waals surface area contributed by atoms with Gasteiger partial charge in [0.15, 0.2) is 0 Å². The molecule has 0 bridgehead atoms. The molecule has 26 heavy (non-hydrogen) atoms. The number of hydrogen-bond acceptors (Lipinski definition) is 5. The van der Waals surface area contributed by atoms with Crippen LogP contribution in [0.5, 0.6) is 11.5 Å². The fourth-order valence-electron chi connectivity index (χ4n) is 3.36. The maximum Gasteiger partial charge on any atom is 0.519 e. The zero-order chi connectivity index (χ0) is 18.4. The summed E-state index contributed by atoms with van der Waals surface area (Å²) in [6.45, 7) is 0. The van der Waals surface area contributed by atoms with E-state index in [2.05, 4.69) is 0 Å². The highest BCUT2D eigenvalue weighted by atomic mass is 16.7. The zero-order valence-corrected chi connectivity index (χ0v) is 14.8. The smallest absolute Gasteiger partial charge is 0.465 e. The maximum atomic E-state index is 12.3. The van der Waals surface area contributed by atoms with Crippen LogP contribution in [0.15, 0.2) is 48.5 Å². The first kappa shape index (κ1) is 18.0. The van der Waals surface area contributed by atoms with E-state index in [0.717, 1.165) is 18.4 Å². The Morgan fingerprint density at radius 2 is 1.46 bits per heavy atom. The number of rotatable bonds is 4. The largest absolute Gasteiger partial charge is 0.519 e. The summed E-state index contributed by atoms with van der Waals surface area (Å²) in [4.78, 5) is 24.1. The van der Waals surface area contributed by atoms with Crippen molar-refractivity contribution in [3.05, 3.63) is 59.7 Å².